The summed E-state index contributed by atoms with van der Waals surface area (Å²) >= 11 is 0. The van der Waals surface area contributed by atoms with Gasteiger partial charge in [-0.15, -0.1) is 0 Å². The Balaban J connectivity index is 3.42. The molecule has 0 aromatic carbocycles. The van der Waals surface area contributed by atoms with Gasteiger partial charge in [0.25, 0.3) is 0 Å². The molecule has 28 heavy (non-hydrogen) atoms. The van der Waals surface area contributed by atoms with Gasteiger partial charge in [-0.1, -0.05) is 21.6 Å². The molecule has 2 N–H and O–H groups in total. The first kappa shape index (κ1) is 28.0. The van der Waals surface area contributed by atoms with E-state index in [-0.39, 0.29) is 17.3 Å². The topological polar surface area (TPSA) is 86.3 Å². The monoisotopic (exact) mass is 441 g/mol. The number of aliphatic hydroxyl groups excluding tert-OH is 1. The van der Waals surface area contributed by atoms with Gasteiger partial charge in [-0.2, -0.15) is 0 Å². The summed E-state index contributed by atoms with van der Waals surface area (Å²) in [5, 5.41) is 11.7. The van der Waals surface area contributed by atoms with Crippen LogP contribution in [-0.4, -0.2) is 88.0 Å². The molecule has 0 atom stereocenters. The van der Waals surface area contributed by atoms with E-state index in [1.54, 1.807) is 7.11 Å². The van der Waals surface area contributed by atoms with E-state index in [2.05, 4.69) is 19.2 Å². The Labute approximate surface area is 178 Å². The first-order valence-corrected chi connectivity index (χ1v) is 12.2. The molecule has 0 fully saturated rings. The van der Waals surface area contributed by atoms with Gasteiger partial charge >= 0.3 is 0 Å². The van der Waals surface area contributed by atoms with Crippen molar-refractivity contribution in [1.29, 1.82) is 0 Å². The number of rotatable bonds is 21. The van der Waals surface area contributed by atoms with Crippen LogP contribution in [0.1, 0.15) is 39.5 Å². The summed E-state index contributed by atoms with van der Waals surface area (Å²) in [5.41, 5.74) is 0. The van der Waals surface area contributed by atoms with Crippen LogP contribution >= 0.6 is 21.6 Å². The number of carbonyl (C=O) groups is 1. The predicted molar refractivity (Wildman–Crippen MR) is 117 cm³/mol. The van der Waals surface area contributed by atoms with Crippen molar-refractivity contribution in [2.45, 2.75) is 44.3 Å². The van der Waals surface area contributed by atoms with Gasteiger partial charge in [-0.3, -0.25) is 4.79 Å². The van der Waals surface area contributed by atoms with Gasteiger partial charge < -0.3 is 29.4 Å². The van der Waals surface area contributed by atoms with Crippen LogP contribution in [-0.2, 0) is 23.7 Å². The number of nitrogens with one attached hydrogen (secondary N) is 1. The van der Waals surface area contributed by atoms with E-state index in [1.165, 1.54) is 0 Å². The van der Waals surface area contributed by atoms with Crippen molar-refractivity contribution in [1.82, 2.24) is 5.32 Å². The van der Waals surface area contributed by atoms with Gasteiger partial charge in [0.15, 0.2) is 0 Å². The normalized spacial score (nSPS) is 11.7. The summed E-state index contributed by atoms with van der Waals surface area (Å²) in [6.45, 7) is 8.87. The van der Waals surface area contributed by atoms with Crippen LogP contribution in [0.2, 0.25) is 0 Å². The number of unbranched alkanes of at least 4 members (excludes halogenated alkanes) is 1. The maximum Gasteiger partial charge on any atom is 0.220 e. The minimum atomic E-state index is 0.0579. The van der Waals surface area contributed by atoms with Crippen LogP contribution in [0, 0.1) is 0 Å². The molecule has 0 unspecified atom stereocenters. The maximum atomic E-state index is 11.9. The highest BCUT2D eigenvalue weighted by Crippen LogP contribution is 2.39. The average molecular weight is 442 g/mol. The lowest BCUT2D eigenvalue weighted by Crippen LogP contribution is -2.29. The first-order chi connectivity index (χ1) is 13.5. The number of amides is 1. The van der Waals surface area contributed by atoms with Crippen molar-refractivity contribution in [2.75, 3.05) is 72.3 Å². The fourth-order valence-electron chi connectivity index (χ4n) is 1.97. The zero-order valence-corrected chi connectivity index (χ0v) is 19.3. The van der Waals surface area contributed by atoms with Crippen LogP contribution in [0.15, 0.2) is 0 Å². The van der Waals surface area contributed by atoms with E-state index in [9.17, 15) is 4.79 Å². The third-order valence-corrected chi connectivity index (χ3v) is 7.05. The van der Waals surface area contributed by atoms with E-state index >= 15 is 0 Å². The van der Waals surface area contributed by atoms with E-state index in [0.717, 1.165) is 25.0 Å². The van der Waals surface area contributed by atoms with Gasteiger partial charge in [0.05, 0.1) is 46.2 Å². The Morgan fingerprint density at radius 1 is 0.964 bits per heavy atom. The fraction of sp³-hybridized carbons (Fsp3) is 0.947. The van der Waals surface area contributed by atoms with E-state index < -0.39 is 0 Å². The number of ether oxygens (including phenoxy) is 4. The van der Waals surface area contributed by atoms with E-state index in [0.29, 0.717) is 59.2 Å². The third-order valence-electron chi connectivity index (χ3n) is 3.62. The lowest BCUT2D eigenvalue weighted by molar-refractivity contribution is -0.121. The van der Waals surface area contributed by atoms with E-state index in [4.69, 9.17) is 24.1 Å². The number of hydrogen-bond donors (Lipinski definition) is 2. The van der Waals surface area contributed by atoms with Crippen molar-refractivity contribution in [3.63, 3.8) is 0 Å². The molecule has 0 spiro atoms. The molecular formula is C19H39NO6S2. The smallest absolute Gasteiger partial charge is 0.220 e. The van der Waals surface area contributed by atoms with Gasteiger partial charge in [0.1, 0.15) is 0 Å². The third kappa shape index (κ3) is 20.7. The number of hydrogen-bond acceptors (Lipinski definition) is 8. The standard InChI is InChI=1S/C19H39NO6S2/c1-19(2,28-27-17-5-4-9-21)7-6-18(22)20-8-10-24-13-14-26-16-15-25-12-11-23-3/h21H,4-17H2,1-3H3,(H,20,22). The minimum absolute atomic E-state index is 0.0579. The molecule has 0 saturated carbocycles. The molecule has 0 saturated heterocycles. The Bertz CT molecular complexity index is 361. The Morgan fingerprint density at radius 2 is 1.57 bits per heavy atom. The lowest BCUT2D eigenvalue weighted by atomic mass is 10.1. The minimum Gasteiger partial charge on any atom is -0.396 e. The summed E-state index contributed by atoms with van der Waals surface area (Å²) in [7, 11) is 5.28. The molecular weight excluding hydrogens is 402 g/mol. The summed E-state index contributed by atoms with van der Waals surface area (Å²) in [6.07, 6.45) is 3.23. The summed E-state index contributed by atoms with van der Waals surface area (Å²) in [6, 6.07) is 0. The van der Waals surface area contributed by atoms with Crippen LogP contribution in [0.5, 0.6) is 0 Å². The fourth-order valence-corrected chi connectivity index (χ4v) is 4.69. The Morgan fingerprint density at radius 3 is 2.18 bits per heavy atom. The molecule has 0 bridgehead atoms. The van der Waals surface area contributed by atoms with Crippen molar-refractivity contribution < 1.29 is 28.8 Å². The van der Waals surface area contributed by atoms with Gasteiger partial charge in [0.2, 0.25) is 5.91 Å². The van der Waals surface area contributed by atoms with Crippen LogP contribution in [0.4, 0.5) is 0 Å². The average Bonchev–Trinajstić information content (AvgIpc) is 2.67. The zero-order chi connectivity index (χ0) is 20.9. The van der Waals surface area contributed by atoms with Crippen molar-refractivity contribution >= 4 is 27.5 Å². The zero-order valence-electron chi connectivity index (χ0n) is 17.7. The van der Waals surface area contributed by atoms with Crippen LogP contribution in [0.3, 0.4) is 0 Å². The molecule has 7 nitrogen and oxygen atoms in total. The lowest BCUT2D eigenvalue weighted by Gasteiger charge is -2.22. The second kappa shape index (κ2) is 20.3. The summed E-state index contributed by atoms with van der Waals surface area (Å²) in [5.74, 6) is 1.09. The second-order valence-electron chi connectivity index (χ2n) is 6.78. The van der Waals surface area contributed by atoms with Crippen molar-refractivity contribution in [3.05, 3.63) is 0 Å². The highest BCUT2D eigenvalue weighted by atomic mass is 33.1. The highest BCUT2D eigenvalue weighted by Gasteiger charge is 2.20. The molecule has 9 heteroatoms. The quantitative estimate of drug-likeness (QED) is 0.208. The van der Waals surface area contributed by atoms with Gasteiger partial charge in [0, 0.05) is 37.2 Å². The van der Waals surface area contributed by atoms with Gasteiger partial charge in [-0.25, -0.2) is 0 Å². The molecule has 0 aromatic rings. The highest BCUT2D eigenvalue weighted by molar-refractivity contribution is 8.77. The first-order valence-electron chi connectivity index (χ1n) is 9.92. The molecule has 0 radical (unpaired) electrons. The molecule has 168 valence electrons. The molecule has 0 rings (SSSR count). The SMILES string of the molecule is COCCOCCOCCOCCNC(=O)CCC(C)(C)SSCCCCO. The van der Waals surface area contributed by atoms with Crippen molar-refractivity contribution in [2.24, 2.45) is 0 Å². The van der Waals surface area contributed by atoms with Crippen molar-refractivity contribution in [3.8, 4) is 0 Å². The molecule has 1 amide bonds. The Hall–Kier alpha value is -0.0300. The number of aliphatic hydroxyl groups is 1. The summed E-state index contributed by atoms with van der Waals surface area (Å²) < 4.78 is 21.0. The Kier molecular flexibility index (Phi) is 20.2. The summed E-state index contributed by atoms with van der Waals surface area (Å²) in [4.78, 5) is 11.9. The molecule has 0 aliphatic heterocycles. The van der Waals surface area contributed by atoms with Crippen LogP contribution in [0.25, 0.3) is 0 Å². The maximum absolute atomic E-state index is 11.9. The van der Waals surface area contributed by atoms with Gasteiger partial charge in [-0.05, 0) is 33.1 Å². The number of carbonyl (C=O) groups excluding carboxylic acids is 1. The number of methoxy groups -OCH3 is 1. The van der Waals surface area contributed by atoms with E-state index in [1.807, 2.05) is 21.6 Å². The second-order valence-corrected chi connectivity index (χ2v) is 9.90. The molecule has 0 aliphatic rings. The molecule has 0 aliphatic carbocycles. The largest absolute Gasteiger partial charge is 0.396 e. The van der Waals surface area contributed by atoms with Crippen LogP contribution < -0.4 is 5.32 Å². The molecule has 0 aromatic heterocycles. The predicted octanol–water partition coefficient (Wildman–Crippen LogP) is 2.51. The molecule has 0 heterocycles.